The first kappa shape index (κ1) is 21.3. The monoisotopic (exact) mass is 413 g/mol. The zero-order chi connectivity index (χ0) is 19.3. The van der Waals surface area contributed by atoms with Gasteiger partial charge in [0.05, 0.1) is 12.5 Å². The Kier molecular flexibility index (Phi) is 7.29. The van der Waals surface area contributed by atoms with Crippen LogP contribution in [-0.2, 0) is 4.79 Å². The molecule has 5 nitrogen and oxygen atoms in total. The van der Waals surface area contributed by atoms with Crippen LogP contribution in [0.4, 0.5) is 0 Å². The van der Waals surface area contributed by atoms with E-state index in [1.54, 1.807) is 12.1 Å². The highest BCUT2D eigenvalue weighted by Crippen LogP contribution is 2.27. The number of carbonyl (C=O) groups excluding carboxylic acids is 2. The zero-order valence-electron chi connectivity index (χ0n) is 16.3. The van der Waals surface area contributed by atoms with Gasteiger partial charge in [0.1, 0.15) is 0 Å². The molecule has 0 saturated carbocycles. The van der Waals surface area contributed by atoms with Crippen LogP contribution in [0.1, 0.15) is 54.1 Å². The molecule has 2 amide bonds. The van der Waals surface area contributed by atoms with E-state index in [9.17, 15) is 9.59 Å². The lowest BCUT2D eigenvalue weighted by atomic mass is 9.98. The third kappa shape index (κ3) is 5.58. The standard InChI is InChI=1S/C23H27N3O2.ClH/c27-22(25-20-13-18-11-12-19(14-20)24-18)15-21(16-7-3-1-4-8-16)26-23(28)17-9-5-2-6-10-17;/h1-10,18-21,24H,11-15H2,(H,25,27)(H,26,28);1H. The minimum atomic E-state index is -0.354. The maximum Gasteiger partial charge on any atom is 0.251 e. The molecule has 2 saturated heterocycles. The van der Waals surface area contributed by atoms with Crippen LogP contribution in [0, 0.1) is 0 Å². The Bertz CT molecular complexity index is 803. The fraction of sp³-hybridized carbons (Fsp3) is 0.391. The fourth-order valence-electron chi connectivity index (χ4n) is 4.42. The van der Waals surface area contributed by atoms with Crippen molar-refractivity contribution >= 4 is 24.2 Å². The second-order valence-electron chi connectivity index (χ2n) is 7.88. The number of piperidine rings is 1. The summed E-state index contributed by atoms with van der Waals surface area (Å²) < 4.78 is 0. The number of carbonyl (C=O) groups is 2. The first-order chi connectivity index (χ1) is 13.7. The Morgan fingerprint density at radius 3 is 2.14 bits per heavy atom. The van der Waals surface area contributed by atoms with Crippen LogP contribution in [0.3, 0.4) is 0 Å². The summed E-state index contributed by atoms with van der Waals surface area (Å²) in [6.45, 7) is 0. The molecule has 2 aliphatic rings. The van der Waals surface area contributed by atoms with Crippen LogP contribution in [0.15, 0.2) is 60.7 Å². The third-order valence-electron chi connectivity index (χ3n) is 5.77. The average molecular weight is 414 g/mol. The smallest absolute Gasteiger partial charge is 0.251 e. The fourth-order valence-corrected chi connectivity index (χ4v) is 4.42. The molecule has 2 aromatic carbocycles. The molecule has 6 heteroatoms. The van der Waals surface area contributed by atoms with Crippen LogP contribution in [0.2, 0.25) is 0 Å². The molecule has 154 valence electrons. The minimum absolute atomic E-state index is 0. The second-order valence-corrected chi connectivity index (χ2v) is 7.88. The quantitative estimate of drug-likeness (QED) is 0.680. The molecule has 0 radical (unpaired) electrons. The van der Waals surface area contributed by atoms with E-state index >= 15 is 0 Å². The largest absolute Gasteiger partial charge is 0.353 e. The number of rotatable bonds is 6. The van der Waals surface area contributed by atoms with Gasteiger partial charge in [0.2, 0.25) is 5.91 Å². The highest BCUT2D eigenvalue weighted by atomic mass is 35.5. The maximum atomic E-state index is 12.8. The Morgan fingerprint density at radius 1 is 0.931 bits per heavy atom. The van der Waals surface area contributed by atoms with Gasteiger partial charge in [0.15, 0.2) is 0 Å². The molecule has 2 aromatic rings. The number of benzene rings is 2. The Balaban J connectivity index is 0.00000240. The summed E-state index contributed by atoms with van der Waals surface area (Å²) in [5.74, 6) is -0.171. The van der Waals surface area contributed by atoms with E-state index in [1.165, 1.54) is 12.8 Å². The summed E-state index contributed by atoms with van der Waals surface area (Å²) in [6.07, 6.45) is 4.64. The van der Waals surface area contributed by atoms with Crippen molar-refractivity contribution in [2.24, 2.45) is 0 Å². The van der Waals surface area contributed by atoms with Crippen molar-refractivity contribution in [1.82, 2.24) is 16.0 Å². The van der Waals surface area contributed by atoms with Crippen molar-refractivity contribution in [2.45, 2.75) is 56.3 Å². The molecule has 2 heterocycles. The Labute approximate surface area is 178 Å². The number of amides is 2. The Morgan fingerprint density at radius 2 is 1.52 bits per heavy atom. The molecule has 3 atom stereocenters. The second kappa shape index (κ2) is 9.90. The first-order valence-corrected chi connectivity index (χ1v) is 10.1. The van der Waals surface area contributed by atoms with Crippen LogP contribution >= 0.6 is 12.4 Å². The lowest BCUT2D eigenvalue weighted by molar-refractivity contribution is -0.122. The summed E-state index contributed by atoms with van der Waals surface area (Å²) in [7, 11) is 0. The Hall–Kier alpha value is -2.37. The zero-order valence-corrected chi connectivity index (χ0v) is 17.2. The molecule has 2 aliphatic heterocycles. The molecule has 2 fully saturated rings. The highest BCUT2D eigenvalue weighted by molar-refractivity contribution is 5.94. The van der Waals surface area contributed by atoms with Crippen LogP contribution in [-0.4, -0.2) is 29.9 Å². The predicted octanol–water partition coefficient (Wildman–Crippen LogP) is 3.37. The SMILES string of the molecule is Cl.O=C(CC(NC(=O)c1ccccc1)c1ccccc1)NC1CC2CCC(C1)N2. The summed E-state index contributed by atoms with van der Waals surface area (Å²) in [4.78, 5) is 25.4. The molecule has 2 bridgehead atoms. The van der Waals surface area contributed by atoms with E-state index in [2.05, 4.69) is 16.0 Å². The van der Waals surface area contributed by atoms with Gasteiger partial charge >= 0.3 is 0 Å². The number of halogens is 1. The number of hydrogen-bond donors (Lipinski definition) is 3. The molecule has 0 aromatic heterocycles. The minimum Gasteiger partial charge on any atom is -0.353 e. The predicted molar refractivity (Wildman–Crippen MR) is 116 cm³/mol. The van der Waals surface area contributed by atoms with E-state index in [4.69, 9.17) is 0 Å². The van der Waals surface area contributed by atoms with Gasteiger partial charge in [-0.3, -0.25) is 9.59 Å². The van der Waals surface area contributed by atoms with Crippen molar-refractivity contribution in [1.29, 1.82) is 0 Å². The third-order valence-corrected chi connectivity index (χ3v) is 5.77. The number of nitrogens with one attached hydrogen (secondary N) is 3. The average Bonchev–Trinajstić information content (AvgIpc) is 3.07. The highest BCUT2D eigenvalue weighted by Gasteiger charge is 2.34. The van der Waals surface area contributed by atoms with Crippen LogP contribution in [0.5, 0.6) is 0 Å². The summed E-state index contributed by atoms with van der Waals surface area (Å²) in [6, 6.07) is 19.8. The molecule has 0 aliphatic carbocycles. The topological polar surface area (TPSA) is 70.2 Å². The molecule has 0 spiro atoms. The summed E-state index contributed by atoms with van der Waals surface area (Å²) in [5.41, 5.74) is 1.53. The molecule has 3 N–H and O–H groups in total. The van der Waals surface area contributed by atoms with Crippen molar-refractivity contribution < 1.29 is 9.59 Å². The van der Waals surface area contributed by atoms with Gasteiger partial charge in [-0.25, -0.2) is 0 Å². The summed E-state index contributed by atoms with van der Waals surface area (Å²) >= 11 is 0. The normalized spacial score (nSPS) is 23.5. The van der Waals surface area contributed by atoms with Crippen molar-refractivity contribution in [3.8, 4) is 0 Å². The van der Waals surface area contributed by atoms with Crippen LogP contribution < -0.4 is 16.0 Å². The molecule has 3 unspecified atom stereocenters. The van der Waals surface area contributed by atoms with E-state index < -0.39 is 0 Å². The van der Waals surface area contributed by atoms with Gasteiger partial charge in [-0.1, -0.05) is 48.5 Å². The first-order valence-electron chi connectivity index (χ1n) is 10.1. The number of fused-ring (bicyclic) bond motifs is 2. The van der Waals surface area contributed by atoms with E-state index in [-0.39, 0.29) is 42.7 Å². The maximum absolute atomic E-state index is 12.8. The van der Waals surface area contributed by atoms with Crippen molar-refractivity contribution in [3.05, 3.63) is 71.8 Å². The van der Waals surface area contributed by atoms with Crippen LogP contribution in [0.25, 0.3) is 0 Å². The van der Waals surface area contributed by atoms with E-state index in [1.807, 2.05) is 48.5 Å². The van der Waals surface area contributed by atoms with Gasteiger partial charge in [-0.05, 0) is 43.4 Å². The van der Waals surface area contributed by atoms with Gasteiger partial charge in [-0.15, -0.1) is 12.4 Å². The molecular weight excluding hydrogens is 386 g/mol. The summed E-state index contributed by atoms with van der Waals surface area (Å²) in [5, 5.41) is 9.83. The molecular formula is C23H28ClN3O2. The van der Waals surface area contributed by atoms with Crippen molar-refractivity contribution in [3.63, 3.8) is 0 Å². The van der Waals surface area contributed by atoms with Gasteiger partial charge in [0.25, 0.3) is 5.91 Å². The van der Waals surface area contributed by atoms with Gasteiger partial charge in [-0.2, -0.15) is 0 Å². The lowest BCUT2D eigenvalue weighted by Crippen LogP contribution is -2.48. The van der Waals surface area contributed by atoms with E-state index in [0.29, 0.717) is 17.6 Å². The molecule has 29 heavy (non-hydrogen) atoms. The van der Waals surface area contributed by atoms with Gasteiger partial charge in [0, 0.05) is 23.7 Å². The molecule has 4 rings (SSSR count). The lowest BCUT2D eigenvalue weighted by Gasteiger charge is -2.30. The number of hydrogen-bond acceptors (Lipinski definition) is 3. The van der Waals surface area contributed by atoms with Crippen molar-refractivity contribution in [2.75, 3.05) is 0 Å². The van der Waals surface area contributed by atoms with Gasteiger partial charge < -0.3 is 16.0 Å². The van der Waals surface area contributed by atoms with E-state index in [0.717, 1.165) is 18.4 Å².